The number of likely N-dealkylation sites (N-methyl/N-ethyl adjacent to an activating group) is 1. The fourth-order valence-electron chi connectivity index (χ4n) is 8.58. The van der Waals surface area contributed by atoms with Crippen LogP contribution in [0.15, 0.2) is 47.3 Å². The van der Waals surface area contributed by atoms with Crippen LogP contribution in [0.2, 0.25) is 0 Å². The monoisotopic (exact) mass is 763 g/mol. The van der Waals surface area contributed by atoms with Crippen molar-refractivity contribution < 1.29 is 35.9 Å². The summed E-state index contributed by atoms with van der Waals surface area (Å²) < 4.78 is 84.8. The highest BCUT2D eigenvalue weighted by Crippen LogP contribution is 2.42. The zero-order valence-corrected chi connectivity index (χ0v) is 29.7. The van der Waals surface area contributed by atoms with E-state index in [9.17, 15) is 40.7 Å². The number of likely N-dealkylation sites (tertiary alicyclic amines) is 4. The summed E-state index contributed by atoms with van der Waals surface area (Å²) in [6.07, 6.45) is -7.93. The summed E-state index contributed by atoms with van der Waals surface area (Å²) in [4.78, 5) is 51.1. The van der Waals surface area contributed by atoms with Crippen molar-refractivity contribution in [2.45, 2.75) is 81.1 Å². The summed E-state index contributed by atoms with van der Waals surface area (Å²) in [5.41, 5.74) is 0.467. The van der Waals surface area contributed by atoms with Crippen molar-refractivity contribution in [3.05, 3.63) is 69.6 Å². The maximum atomic E-state index is 14.1. The van der Waals surface area contributed by atoms with Gasteiger partial charge in [-0.2, -0.15) is 26.3 Å². The molecule has 7 rings (SSSR count). The number of nitrogen functional groups attached to an aromatic ring is 1. The van der Waals surface area contributed by atoms with Gasteiger partial charge in [0.15, 0.2) is 5.82 Å². The van der Waals surface area contributed by atoms with Crippen LogP contribution in [0.5, 0.6) is 0 Å². The highest BCUT2D eigenvalue weighted by Gasteiger charge is 2.45. The van der Waals surface area contributed by atoms with Crippen molar-refractivity contribution in [2.75, 3.05) is 52.0 Å². The van der Waals surface area contributed by atoms with Gasteiger partial charge in [-0.3, -0.25) is 14.7 Å². The molecule has 0 aliphatic carbocycles. The third-order valence-corrected chi connectivity index (χ3v) is 11.5. The second kappa shape index (κ2) is 14.6. The van der Waals surface area contributed by atoms with Gasteiger partial charge in [0.05, 0.1) is 22.9 Å². The molecule has 54 heavy (non-hydrogen) atoms. The molecule has 5 heterocycles. The molecule has 4 saturated heterocycles. The molecule has 0 spiro atoms. The number of piperidine rings is 2. The number of nitrogens with one attached hydrogen (secondary N) is 2. The maximum Gasteiger partial charge on any atom is 0.418 e. The van der Waals surface area contributed by atoms with E-state index < -0.39 is 64.8 Å². The van der Waals surface area contributed by atoms with E-state index in [0.29, 0.717) is 68.8 Å². The first-order valence-corrected chi connectivity index (χ1v) is 18.2. The van der Waals surface area contributed by atoms with Gasteiger partial charge in [0.1, 0.15) is 6.04 Å². The topological polar surface area (TPSA) is 136 Å². The van der Waals surface area contributed by atoms with E-state index in [0.717, 1.165) is 25.1 Å². The van der Waals surface area contributed by atoms with Gasteiger partial charge in [-0.05, 0) is 56.8 Å². The lowest BCUT2D eigenvalue weighted by molar-refractivity contribution is -0.141. The Morgan fingerprint density at radius 1 is 0.870 bits per heavy atom. The molecule has 2 bridgehead atoms. The van der Waals surface area contributed by atoms with Gasteiger partial charge < -0.3 is 25.8 Å². The number of aromatic amines is 1. The van der Waals surface area contributed by atoms with Crippen molar-refractivity contribution in [1.29, 1.82) is 0 Å². The van der Waals surface area contributed by atoms with Crippen molar-refractivity contribution in [1.82, 2.24) is 39.7 Å². The molecule has 2 unspecified atom stereocenters. The van der Waals surface area contributed by atoms with E-state index in [1.807, 2.05) is 30.3 Å². The van der Waals surface area contributed by atoms with Crippen molar-refractivity contribution in [3.63, 3.8) is 0 Å². The third-order valence-electron chi connectivity index (χ3n) is 11.5. The Bertz CT molecular complexity index is 1860. The Hall–Kier alpha value is -4.58. The summed E-state index contributed by atoms with van der Waals surface area (Å²) in [6, 6.07) is 8.81. The molecule has 4 N–H and O–H groups in total. The van der Waals surface area contributed by atoms with Gasteiger partial charge in [0.2, 0.25) is 5.91 Å². The second-order valence-electron chi connectivity index (χ2n) is 14.9. The van der Waals surface area contributed by atoms with Crippen LogP contribution >= 0.6 is 0 Å². The van der Waals surface area contributed by atoms with Gasteiger partial charge in [-0.15, -0.1) is 5.10 Å². The molecule has 3 atom stereocenters. The van der Waals surface area contributed by atoms with Crippen LogP contribution < -0.4 is 16.7 Å². The van der Waals surface area contributed by atoms with E-state index >= 15 is 0 Å². The SMILES string of the molecule is CN1CC2CC1CN2C1CCN(C(=O)[C@@H](Cc2cc(C(F)(F)F)c(N)c(C(F)(F)F)c2)NC(=O)N2CCC(n3nc(-c4ccccc4)[nH]c3=O)CC2)CC1. The molecular formula is C36H43F6N9O3. The lowest BCUT2D eigenvalue weighted by Gasteiger charge is -2.42. The van der Waals surface area contributed by atoms with E-state index in [-0.39, 0.29) is 25.2 Å². The van der Waals surface area contributed by atoms with Crippen LogP contribution in [0.25, 0.3) is 11.4 Å². The summed E-state index contributed by atoms with van der Waals surface area (Å²) in [6.45, 7) is 2.90. The van der Waals surface area contributed by atoms with Crippen LogP contribution in [0, 0.1) is 0 Å². The first-order chi connectivity index (χ1) is 25.6. The molecule has 3 amide bonds. The molecule has 18 heteroatoms. The number of benzene rings is 2. The molecule has 4 aliphatic heterocycles. The second-order valence-corrected chi connectivity index (χ2v) is 14.9. The van der Waals surface area contributed by atoms with Crippen LogP contribution in [-0.4, -0.2) is 117 Å². The predicted octanol–water partition coefficient (Wildman–Crippen LogP) is 4.20. The number of aromatic nitrogens is 3. The summed E-state index contributed by atoms with van der Waals surface area (Å²) in [7, 11) is 2.11. The number of carbonyl (C=O) groups is 2. The maximum absolute atomic E-state index is 14.1. The molecule has 0 saturated carbocycles. The number of H-pyrrole nitrogens is 1. The Kier molecular flexibility index (Phi) is 10.2. The minimum Gasteiger partial charge on any atom is -0.398 e. The van der Waals surface area contributed by atoms with Crippen LogP contribution in [0.4, 0.5) is 36.8 Å². The smallest absolute Gasteiger partial charge is 0.398 e. The van der Waals surface area contributed by atoms with E-state index in [1.54, 1.807) is 0 Å². The third kappa shape index (κ3) is 7.67. The zero-order chi connectivity index (χ0) is 38.5. The summed E-state index contributed by atoms with van der Waals surface area (Å²) in [5, 5.41) is 7.09. The van der Waals surface area contributed by atoms with E-state index in [4.69, 9.17) is 5.73 Å². The number of hydrogen-bond donors (Lipinski definition) is 3. The predicted molar refractivity (Wildman–Crippen MR) is 186 cm³/mol. The van der Waals surface area contributed by atoms with Gasteiger partial charge in [-0.1, -0.05) is 30.3 Å². The minimum absolute atomic E-state index is 0.161. The number of hydrogen-bond acceptors (Lipinski definition) is 7. The van der Waals surface area contributed by atoms with Crippen LogP contribution in [0.1, 0.15) is 54.8 Å². The Labute approximate surface area is 307 Å². The lowest BCUT2D eigenvalue weighted by atomic mass is 9.96. The number of amides is 3. The number of alkyl halides is 6. The molecular weight excluding hydrogens is 720 g/mol. The first-order valence-electron chi connectivity index (χ1n) is 18.2. The fourth-order valence-corrected chi connectivity index (χ4v) is 8.58. The number of nitrogens with zero attached hydrogens (tertiary/aromatic N) is 6. The van der Waals surface area contributed by atoms with Crippen LogP contribution in [0.3, 0.4) is 0 Å². The average Bonchev–Trinajstić information content (AvgIpc) is 3.85. The molecule has 4 fully saturated rings. The number of halogens is 6. The Balaban J connectivity index is 1.07. The number of urea groups is 1. The number of nitrogens with two attached hydrogens (primary N) is 1. The van der Waals surface area contributed by atoms with Crippen molar-refractivity contribution in [3.8, 4) is 11.4 Å². The standard InChI is InChI=1S/C36H43F6N9O3/c1-47-19-26-18-25(47)20-50(26)23-7-11-48(12-8-23)32(52)29(17-21-15-27(35(37,38)39)30(43)28(16-21)36(40,41)42)44-33(53)49-13-9-24(10-14-49)51-34(54)45-31(46-51)22-5-3-2-4-6-22/h2-6,15-16,23-26,29H,7-14,17-20,43H2,1H3,(H,44,53)(H,45,46,54)/t25?,26?,29-/m1/s1. The Morgan fingerprint density at radius 3 is 2.02 bits per heavy atom. The number of rotatable bonds is 7. The molecule has 0 radical (unpaired) electrons. The van der Waals surface area contributed by atoms with Gasteiger partial charge in [-0.25, -0.2) is 14.3 Å². The lowest BCUT2D eigenvalue weighted by Crippen LogP contribution is -2.57. The number of piperazine rings is 1. The molecule has 2 aromatic carbocycles. The largest absolute Gasteiger partial charge is 0.418 e. The average molecular weight is 764 g/mol. The number of fused-ring (bicyclic) bond motifs is 2. The molecule has 1 aromatic heterocycles. The molecule has 3 aromatic rings. The fraction of sp³-hybridized carbons (Fsp3) is 0.556. The number of anilines is 1. The first kappa shape index (κ1) is 37.7. The normalized spacial score (nSPS) is 22.6. The minimum atomic E-state index is -5.20. The highest BCUT2D eigenvalue weighted by atomic mass is 19.4. The molecule has 4 aliphatic rings. The van der Waals surface area contributed by atoms with Crippen LogP contribution in [-0.2, 0) is 23.6 Å². The highest BCUT2D eigenvalue weighted by molar-refractivity contribution is 5.87. The summed E-state index contributed by atoms with van der Waals surface area (Å²) >= 11 is 0. The zero-order valence-electron chi connectivity index (χ0n) is 29.7. The quantitative estimate of drug-likeness (QED) is 0.243. The molecule has 292 valence electrons. The van der Waals surface area contributed by atoms with Gasteiger partial charge >= 0.3 is 24.1 Å². The summed E-state index contributed by atoms with van der Waals surface area (Å²) in [5.74, 6) is -0.189. The Morgan fingerprint density at radius 2 is 1.46 bits per heavy atom. The molecule has 12 nitrogen and oxygen atoms in total. The van der Waals surface area contributed by atoms with E-state index in [1.165, 1.54) is 14.5 Å². The van der Waals surface area contributed by atoms with Gasteiger partial charge in [0.25, 0.3) is 0 Å². The van der Waals surface area contributed by atoms with Crippen molar-refractivity contribution >= 4 is 17.6 Å². The van der Waals surface area contributed by atoms with Gasteiger partial charge in [0, 0.05) is 69.4 Å². The number of carbonyl (C=O) groups excluding carboxylic acids is 2. The van der Waals surface area contributed by atoms with E-state index in [2.05, 4.69) is 32.2 Å². The van der Waals surface area contributed by atoms with Crippen molar-refractivity contribution in [2.24, 2.45) is 0 Å².